The van der Waals surface area contributed by atoms with Crippen LogP contribution in [0.4, 0.5) is 34.1 Å². The van der Waals surface area contributed by atoms with E-state index in [4.69, 9.17) is 0 Å². The van der Waals surface area contributed by atoms with Crippen LogP contribution in [0, 0.1) is 27.7 Å². The molecule has 13 aromatic carbocycles. The lowest BCUT2D eigenvalue weighted by Gasteiger charge is -2.29. The lowest BCUT2D eigenvalue weighted by Crippen LogP contribution is -2.11. The number of anilines is 6. The fraction of sp³-hybridized carbons (Fsp3) is 0.0526. The van der Waals surface area contributed by atoms with Gasteiger partial charge in [0.25, 0.3) is 0 Å². The highest BCUT2D eigenvalue weighted by molar-refractivity contribution is 6.24. The second kappa shape index (κ2) is 20.4. The van der Waals surface area contributed by atoms with Crippen molar-refractivity contribution >= 4 is 89.4 Å². The Morgan fingerprint density at radius 2 is 0.462 bits per heavy atom. The minimum Gasteiger partial charge on any atom is -0.309 e. The molecule has 13 rings (SSSR count). The molecule has 0 unspecified atom stereocenters. The highest BCUT2D eigenvalue weighted by Gasteiger charge is 2.24. The molecular formula is C76H58N2. The molecule has 0 spiro atoms. The van der Waals surface area contributed by atoms with Crippen LogP contribution >= 0.6 is 0 Å². The molecule has 2 heteroatoms. The average Bonchev–Trinajstić information content (AvgIpc) is 3.63. The molecule has 0 heterocycles. The van der Waals surface area contributed by atoms with Gasteiger partial charge in [-0.05, 0) is 154 Å². The smallest absolute Gasteiger partial charge is 0.0618 e. The SMILES string of the molecule is Cc1ccc(N(c2ccc(C)cc2)c2c3ccccc3c(-c3ccc(C=c4ccc(=Cc5ccc(-c6c7ccccc7c(N(c7ccc(C)cc7)c7ccc(C)cc7)c7ccccc67)cc5)cc4)cc3)c3ccccc23)cc1. The molecule has 0 amide bonds. The van der Waals surface area contributed by atoms with Gasteiger partial charge in [-0.3, -0.25) is 0 Å². The standard InChI is InChI=1S/C76H58N2/c1-51-21-41-61(42-22-51)77(62-43-23-52(2)24-44-62)75-69-17-9-5-13-65(69)73(66-14-6-10-18-70(66)75)59-37-33-57(34-38-59)49-55-29-31-56(32-30-55)50-58-35-39-60(40-36-58)74-67-15-7-11-19-71(67)76(72-20-12-8-16-68(72)74)78(63-45-25-53(3)26-46-63)64-47-27-54(4)28-48-64/h5-50H,1-4H3. The van der Waals surface area contributed by atoms with Crippen LogP contribution in [0.1, 0.15) is 33.4 Å². The van der Waals surface area contributed by atoms with Crippen LogP contribution in [0.15, 0.2) is 267 Å². The number of hydrogen-bond acceptors (Lipinski definition) is 2. The molecule has 0 N–H and O–H groups in total. The van der Waals surface area contributed by atoms with Crippen LogP contribution in [0.2, 0.25) is 0 Å². The molecule has 78 heavy (non-hydrogen) atoms. The molecule has 0 atom stereocenters. The van der Waals surface area contributed by atoms with Gasteiger partial charge in [-0.1, -0.05) is 241 Å². The Hall–Kier alpha value is -9.76. The van der Waals surface area contributed by atoms with Gasteiger partial charge in [0, 0.05) is 44.3 Å². The highest BCUT2D eigenvalue weighted by Crippen LogP contribution is 2.50. The quantitative estimate of drug-likeness (QED) is 0.126. The molecule has 0 bridgehead atoms. The van der Waals surface area contributed by atoms with Crippen molar-refractivity contribution in [1.82, 2.24) is 0 Å². The molecule has 0 aliphatic rings. The first kappa shape index (κ1) is 47.9. The number of hydrogen-bond donors (Lipinski definition) is 0. The summed E-state index contributed by atoms with van der Waals surface area (Å²) in [6.45, 7) is 8.59. The van der Waals surface area contributed by atoms with E-state index in [0.717, 1.165) is 44.3 Å². The molecule has 0 saturated carbocycles. The zero-order valence-electron chi connectivity index (χ0n) is 44.5. The van der Waals surface area contributed by atoms with E-state index in [1.54, 1.807) is 0 Å². The summed E-state index contributed by atoms with van der Waals surface area (Å²) in [6, 6.07) is 98.2. The number of aryl methyl sites for hydroxylation is 4. The molecule has 0 aliphatic carbocycles. The molecule has 372 valence electrons. The van der Waals surface area contributed by atoms with Gasteiger partial charge >= 0.3 is 0 Å². The fourth-order valence-corrected chi connectivity index (χ4v) is 11.5. The number of rotatable bonds is 10. The first-order valence-electron chi connectivity index (χ1n) is 27.1. The van der Waals surface area contributed by atoms with E-state index in [1.165, 1.54) is 99.0 Å². The molecule has 0 fully saturated rings. The summed E-state index contributed by atoms with van der Waals surface area (Å²) >= 11 is 0. The first-order chi connectivity index (χ1) is 38.3. The molecule has 0 aliphatic heterocycles. The zero-order valence-corrected chi connectivity index (χ0v) is 44.5. The monoisotopic (exact) mass is 998 g/mol. The second-order valence-corrected chi connectivity index (χ2v) is 20.8. The van der Waals surface area contributed by atoms with Gasteiger partial charge in [0.15, 0.2) is 0 Å². The first-order valence-corrected chi connectivity index (χ1v) is 27.1. The Morgan fingerprint density at radius 3 is 0.705 bits per heavy atom. The van der Waals surface area contributed by atoms with Gasteiger partial charge in [-0.15, -0.1) is 0 Å². The van der Waals surface area contributed by atoms with Gasteiger partial charge < -0.3 is 9.80 Å². The van der Waals surface area contributed by atoms with Crippen molar-refractivity contribution in [1.29, 1.82) is 0 Å². The van der Waals surface area contributed by atoms with Crippen LogP contribution in [0.25, 0.3) is 77.5 Å². The van der Waals surface area contributed by atoms with Gasteiger partial charge in [0.1, 0.15) is 0 Å². The van der Waals surface area contributed by atoms with E-state index in [-0.39, 0.29) is 0 Å². The van der Waals surface area contributed by atoms with E-state index in [9.17, 15) is 0 Å². The predicted molar refractivity (Wildman–Crippen MR) is 335 cm³/mol. The minimum atomic E-state index is 1.13. The summed E-state index contributed by atoms with van der Waals surface area (Å²) in [4.78, 5) is 4.86. The summed E-state index contributed by atoms with van der Waals surface area (Å²) in [7, 11) is 0. The third-order valence-corrected chi connectivity index (χ3v) is 15.4. The second-order valence-electron chi connectivity index (χ2n) is 20.8. The molecule has 2 nitrogen and oxygen atoms in total. The van der Waals surface area contributed by atoms with Gasteiger partial charge in [-0.2, -0.15) is 0 Å². The van der Waals surface area contributed by atoms with Crippen molar-refractivity contribution < 1.29 is 0 Å². The van der Waals surface area contributed by atoms with Gasteiger partial charge in [0.05, 0.1) is 11.4 Å². The number of fused-ring (bicyclic) bond motifs is 4. The molecule has 13 aromatic rings. The Kier molecular flexibility index (Phi) is 12.5. The van der Waals surface area contributed by atoms with E-state index in [1.807, 2.05) is 0 Å². The predicted octanol–water partition coefficient (Wildman–Crippen LogP) is 19.5. The van der Waals surface area contributed by atoms with Crippen molar-refractivity contribution in [3.8, 4) is 22.3 Å². The van der Waals surface area contributed by atoms with Crippen LogP contribution in [-0.2, 0) is 0 Å². The maximum atomic E-state index is 2.43. The van der Waals surface area contributed by atoms with E-state index >= 15 is 0 Å². The van der Waals surface area contributed by atoms with Crippen LogP contribution in [-0.4, -0.2) is 0 Å². The van der Waals surface area contributed by atoms with E-state index in [2.05, 4.69) is 317 Å². The van der Waals surface area contributed by atoms with Crippen molar-refractivity contribution in [2.75, 3.05) is 9.80 Å². The summed E-state index contributed by atoms with van der Waals surface area (Å²) in [5.74, 6) is 0. The number of benzene rings is 13. The van der Waals surface area contributed by atoms with Crippen molar-refractivity contribution in [3.05, 3.63) is 311 Å². The van der Waals surface area contributed by atoms with Crippen LogP contribution < -0.4 is 20.2 Å². The van der Waals surface area contributed by atoms with Crippen molar-refractivity contribution in [2.45, 2.75) is 27.7 Å². The zero-order chi connectivity index (χ0) is 52.7. The molecule has 0 radical (unpaired) electrons. The Balaban J connectivity index is 0.813. The third kappa shape index (κ3) is 9.08. The van der Waals surface area contributed by atoms with Gasteiger partial charge in [-0.25, -0.2) is 0 Å². The Labute approximate surface area is 457 Å². The Morgan fingerprint density at radius 1 is 0.231 bits per heavy atom. The Bertz CT molecular complexity index is 3960. The summed E-state index contributed by atoms with van der Waals surface area (Å²) < 4.78 is 0. The summed E-state index contributed by atoms with van der Waals surface area (Å²) in [6.07, 6.45) is 4.53. The lowest BCUT2D eigenvalue weighted by molar-refractivity contribution is 1.29. The lowest BCUT2D eigenvalue weighted by atomic mass is 9.89. The maximum absolute atomic E-state index is 2.43. The molecule has 0 saturated heterocycles. The van der Waals surface area contributed by atoms with Gasteiger partial charge in [0.2, 0.25) is 0 Å². The van der Waals surface area contributed by atoms with Crippen LogP contribution in [0.3, 0.4) is 0 Å². The minimum absolute atomic E-state index is 1.13. The summed E-state index contributed by atoms with van der Waals surface area (Å²) in [5.41, 5.74) is 19.1. The van der Waals surface area contributed by atoms with E-state index < -0.39 is 0 Å². The largest absolute Gasteiger partial charge is 0.309 e. The third-order valence-electron chi connectivity index (χ3n) is 15.4. The average molecular weight is 999 g/mol. The summed E-state index contributed by atoms with van der Waals surface area (Å²) in [5, 5.41) is 12.1. The van der Waals surface area contributed by atoms with E-state index in [0.29, 0.717) is 0 Å². The van der Waals surface area contributed by atoms with Crippen molar-refractivity contribution in [3.63, 3.8) is 0 Å². The van der Waals surface area contributed by atoms with Crippen LogP contribution in [0.5, 0.6) is 0 Å². The maximum Gasteiger partial charge on any atom is 0.0618 e. The highest BCUT2D eigenvalue weighted by atomic mass is 15.2. The topological polar surface area (TPSA) is 6.48 Å². The normalized spacial score (nSPS) is 11.3. The molecule has 0 aromatic heterocycles. The molecular weight excluding hydrogens is 941 g/mol. The fourth-order valence-electron chi connectivity index (χ4n) is 11.5. The number of nitrogens with zero attached hydrogens (tertiary/aromatic N) is 2. The van der Waals surface area contributed by atoms with Crippen molar-refractivity contribution in [2.24, 2.45) is 0 Å².